The van der Waals surface area contributed by atoms with E-state index in [9.17, 15) is 12.8 Å². The van der Waals surface area contributed by atoms with E-state index in [0.717, 1.165) is 6.26 Å². The zero-order valence-electron chi connectivity index (χ0n) is 5.63. The van der Waals surface area contributed by atoms with Crippen molar-refractivity contribution in [2.24, 2.45) is 0 Å². The van der Waals surface area contributed by atoms with Gasteiger partial charge in [-0.25, -0.2) is 4.39 Å². The van der Waals surface area contributed by atoms with Crippen molar-refractivity contribution < 1.29 is 17.0 Å². The van der Waals surface area contributed by atoms with E-state index in [1.54, 1.807) is 0 Å². The molecule has 1 rings (SSSR count). The first kappa shape index (κ1) is 7.94. The molecule has 0 unspecified atom stereocenters. The summed E-state index contributed by atoms with van der Waals surface area (Å²) < 4.78 is 37.5. The van der Waals surface area contributed by atoms with Crippen molar-refractivity contribution in [1.82, 2.24) is 0 Å². The molecule has 0 aromatic carbocycles. The van der Waals surface area contributed by atoms with Gasteiger partial charge < -0.3 is 0 Å². The van der Waals surface area contributed by atoms with Gasteiger partial charge in [-0.15, -0.1) is 0 Å². The van der Waals surface area contributed by atoms with Gasteiger partial charge >= 0.3 is 0 Å². The van der Waals surface area contributed by atoms with Crippen LogP contribution in [0.1, 0.15) is 12.8 Å². The predicted molar refractivity (Wildman–Crippen MR) is 33.9 cm³/mol. The van der Waals surface area contributed by atoms with Gasteiger partial charge in [0.25, 0.3) is 10.1 Å². The molecule has 0 aromatic rings. The summed E-state index contributed by atoms with van der Waals surface area (Å²) in [6, 6.07) is 0. The van der Waals surface area contributed by atoms with Crippen molar-refractivity contribution >= 4 is 10.1 Å². The topological polar surface area (TPSA) is 43.4 Å². The average Bonchev–Trinajstić information content (AvgIpc) is 2.43. The normalized spacial score (nSPS) is 22.6. The van der Waals surface area contributed by atoms with Crippen LogP contribution in [0, 0.1) is 0 Å². The zero-order valence-corrected chi connectivity index (χ0v) is 6.45. The fourth-order valence-corrected chi connectivity index (χ4v) is 0.918. The maximum atomic E-state index is 12.6. The van der Waals surface area contributed by atoms with E-state index in [1.165, 1.54) is 0 Å². The fraction of sp³-hybridized carbons (Fsp3) is 1.00. The van der Waals surface area contributed by atoms with Crippen LogP contribution in [-0.4, -0.2) is 26.9 Å². The molecule has 1 fully saturated rings. The summed E-state index contributed by atoms with van der Waals surface area (Å²) in [6.07, 6.45) is 1.75. The molecule has 0 atom stereocenters. The van der Waals surface area contributed by atoms with E-state index in [2.05, 4.69) is 4.18 Å². The second kappa shape index (κ2) is 2.17. The van der Waals surface area contributed by atoms with E-state index in [1.807, 2.05) is 0 Å². The highest BCUT2D eigenvalue weighted by molar-refractivity contribution is 7.85. The fourth-order valence-electron chi connectivity index (χ4n) is 0.493. The SMILES string of the molecule is CS(=O)(=O)OCC1(F)CC1. The Balaban J connectivity index is 2.30. The lowest BCUT2D eigenvalue weighted by Gasteiger charge is -2.02. The van der Waals surface area contributed by atoms with Crippen molar-refractivity contribution in [2.75, 3.05) is 12.9 Å². The monoisotopic (exact) mass is 168 g/mol. The zero-order chi connectivity index (χ0) is 7.83. The number of hydrogen-bond donors (Lipinski definition) is 0. The van der Waals surface area contributed by atoms with Crippen LogP contribution in [0.3, 0.4) is 0 Å². The van der Waals surface area contributed by atoms with E-state index in [-0.39, 0.29) is 6.61 Å². The van der Waals surface area contributed by atoms with Crippen molar-refractivity contribution in [3.05, 3.63) is 0 Å². The minimum absolute atomic E-state index is 0.314. The number of halogens is 1. The molecule has 60 valence electrons. The summed E-state index contributed by atoms with van der Waals surface area (Å²) in [4.78, 5) is 0. The molecule has 3 nitrogen and oxygen atoms in total. The van der Waals surface area contributed by atoms with Crippen molar-refractivity contribution in [3.8, 4) is 0 Å². The molecule has 10 heavy (non-hydrogen) atoms. The summed E-state index contributed by atoms with van der Waals surface area (Å²) in [7, 11) is -3.46. The highest BCUT2D eigenvalue weighted by Gasteiger charge is 2.44. The molecule has 0 amide bonds. The summed E-state index contributed by atoms with van der Waals surface area (Å²) in [5.74, 6) is 0. The first-order valence-electron chi connectivity index (χ1n) is 2.95. The molecule has 0 N–H and O–H groups in total. The highest BCUT2D eigenvalue weighted by atomic mass is 32.2. The number of alkyl halides is 1. The minimum Gasteiger partial charge on any atom is -0.267 e. The Kier molecular flexibility index (Phi) is 1.72. The molecule has 1 aliphatic rings. The van der Waals surface area contributed by atoms with E-state index >= 15 is 0 Å². The van der Waals surface area contributed by atoms with Gasteiger partial charge in [-0.05, 0) is 12.8 Å². The second-order valence-corrected chi connectivity index (χ2v) is 4.26. The first-order valence-corrected chi connectivity index (χ1v) is 4.76. The van der Waals surface area contributed by atoms with Crippen LogP contribution < -0.4 is 0 Å². The molecule has 0 radical (unpaired) electrons. The minimum atomic E-state index is -3.46. The standard InChI is InChI=1S/C5H9FO3S/c1-10(7,8)9-4-5(6)2-3-5/h2-4H2,1H3. The maximum absolute atomic E-state index is 12.6. The van der Waals surface area contributed by atoms with Crippen LogP contribution in [0.15, 0.2) is 0 Å². The Hall–Kier alpha value is -0.160. The van der Waals surface area contributed by atoms with E-state index in [4.69, 9.17) is 0 Å². The lowest BCUT2D eigenvalue weighted by atomic mass is 10.4. The van der Waals surface area contributed by atoms with Gasteiger partial charge in [-0.1, -0.05) is 0 Å². The van der Waals surface area contributed by atoms with Crippen LogP contribution in [0.5, 0.6) is 0 Å². The van der Waals surface area contributed by atoms with Crippen LogP contribution >= 0.6 is 0 Å². The Labute approximate surface area is 59.3 Å². The molecule has 0 heterocycles. The molecule has 1 aliphatic carbocycles. The molecule has 1 saturated carbocycles. The van der Waals surface area contributed by atoms with Crippen molar-refractivity contribution in [2.45, 2.75) is 18.5 Å². The molecule has 0 aromatic heterocycles. The van der Waals surface area contributed by atoms with Crippen LogP contribution in [0.2, 0.25) is 0 Å². The average molecular weight is 168 g/mol. The Morgan fingerprint density at radius 1 is 1.60 bits per heavy atom. The third kappa shape index (κ3) is 2.62. The van der Waals surface area contributed by atoms with Crippen LogP contribution in [0.25, 0.3) is 0 Å². The van der Waals surface area contributed by atoms with Gasteiger partial charge in [0.2, 0.25) is 0 Å². The predicted octanol–water partition coefficient (Wildman–Crippen LogP) is 0.465. The van der Waals surface area contributed by atoms with Gasteiger partial charge in [0.05, 0.1) is 6.26 Å². The lowest BCUT2D eigenvalue weighted by Crippen LogP contribution is -2.14. The quantitative estimate of drug-likeness (QED) is 0.575. The molecule has 0 bridgehead atoms. The smallest absolute Gasteiger partial charge is 0.264 e. The Morgan fingerprint density at radius 2 is 2.10 bits per heavy atom. The third-order valence-electron chi connectivity index (χ3n) is 1.32. The molecular formula is C5H9FO3S. The molecule has 0 aliphatic heterocycles. The Morgan fingerprint density at radius 3 is 2.40 bits per heavy atom. The molecule has 0 saturated heterocycles. The summed E-state index contributed by atoms with van der Waals surface area (Å²) in [6.45, 7) is -0.314. The van der Waals surface area contributed by atoms with E-state index in [0.29, 0.717) is 12.8 Å². The number of hydrogen-bond acceptors (Lipinski definition) is 3. The van der Waals surface area contributed by atoms with Gasteiger partial charge in [-0.2, -0.15) is 8.42 Å². The highest BCUT2D eigenvalue weighted by Crippen LogP contribution is 2.39. The van der Waals surface area contributed by atoms with Gasteiger partial charge in [0, 0.05) is 0 Å². The van der Waals surface area contributed by atoms with Gasteiger partial charge in [0.1, 0.15) is 12.3 Å². The third-order valence-corrected chi connectivity index (χ3v) is 1.87. The van der Waals surface area contributed by atoms with Crippen LogP contribution in [0.4, 0.5) is 4.39 Å². The molecule has 5 heteroatoms. The number of rotatable bonds is 3. The first-order chi connectivity index (χ1) is 4.41. The Bertz CT molecular complexity index is 217. The largest absolute Gasteiger partial charge is 0.267 e. The van der Waals surface area contributed by atoms with E-state index < -0.39 is 15.8 Å². The summed E-state index contributed by atoms with van der Waals surface area (Å²) >= 11 is 0. The van der Waals surface area contributed by atoms with Gasteiger partial charge in [0.15, 0.2) is 0 Å². The lowest BCUT2D eigenvalue weighted by molar-refractivity contribution is 0.183. The summed E-state index contributed by atoms with van der Waals surface area (Å²) in [5, 5.41) is 0. The maximum Gasteiger partial charge on any atom is 0.264 e. The van der Waals surface area contributed by atoms with Crippen molar-refractivity contribution in [3.63, 3.8) is 0 Å². The van der Waals surface area contributed by atoms with Crippen LogP contribution in [-0.2, 0) is 14.3 Å². The molecular weight excluding hydrogens is 159 g/mol. The van der Waals surface area contributed by atoms with Gasteiger partial charge in [-0.3, -0.25) is 4.18 Å². The summed E-state index contributed by atoms with van der Waals surface area (Å²) in [5.41, 5.74) is -1.34. The molecule has 0 spiro atoms. The second-order valence-electron chi connectivity index (χ2n) is 2.62. The van der Waals surface area contributed by atoms with Crippen molar-refractivity contribution in [1.29, 1.82) is 0 Å².